The van der Waals surface area contributed by atoms with Crippen LogP contribution in [0, 0.1) is 11.8 Å². The minimum Gasteiger partial charge on any atom is -0.469 e. The van der Waals surface area contributed by atoms with Crippen LogP contribution < -0.4 is 0 Å². The van der Waals surface area contributed by atoms with Crippen LogP contribution >= 0.6 is 0 Å². The fourth-order valence-electron chi connectivity index (χ4n) is 2.79. The Morgan fingerprint density at radius 1 is 1.21 bits per heavy atom. The molecule has 0 radical (unpaired) electrons. The first-order chi connectivity index (χ1) is 9.02. The molecule has 0 bridgehead atoms. The van der Waals surface area contributed by atoms with E-state index in [0.717, 1.165) is 0 Å². The largest absolute Gasteiger partial charge is 0.469 e. The first kappa shape index (κ1) is 13.8. The molecule has 2 rings (SSSR count). The van der Waals surface area contributed by atoms with Crippen molar-refractivity contribution in [1.82, 2.24) is 9.80 Å². The number of nitrogens with zero attached hydrogens (tertiary/aromatic N) is 2. The first-order valence-corrected chi connectivity index (χ1v) is 6.63. The molecule has 6 nitrogen and oxygen atoms in total. The molecule has 6 heteroatoms. The van der Waals surface area contributed by atoms with Crippen LogP contribution in [-0.2, 0) is 19.1 Å². The van der Waals surface area contributed by atoms with Gasteiger partial charge in [-0.2, -0.15) is 0 Å². The monoisotopic (exact) mass is 268 g/mol. The summed E-state index contributed by atoms with van der Waals surface area (Å²) in [5.41, 5.74) is 0. The van der Waals surface area contributed by atoms with Gasteiger partial charge in [0, 0.05) is 33.1 Å². The number of hydrogen-bond acceptors (Lipinski definition) is 4. The van der Waals surface area contributed by atoms with Crippen LogP contribution in [0.5, 0.6) is 0 Å². The lowest BCUT2D eigenvalue weighted by atomic mass is 9.95. The van der Waals surface area contributed by atoms with Crippen LogP contribution in [0.3, 0.4) is 0 Å². The van der Waals surface area contributed by atoms with Crippen molar-refractivity contribution in [2.45, 2.75) is 19.3 Å². The van der Waals surface area contributed by atoms with Crippen LogP contribution in [0.2, 0.25) is 0 Å². The Hall–Kier alpha value is -1.59. The lowest BCUT2D eigenvalue weighted by Gasteiger charge is -2.32. The molecule has 1 unspecified atom stereocenters. The van der Waals surface area contributed by atoms with E-state index in [1.165, 1.54) is 7.11 Å². The molecular formula is C13H20N2O4. The lowest BCUT2D eigenvalue weighted by Crippen LogP contribution is -2.43. The number of esters is 1. The topological polar surface area (TPSA) is 66.9 Å². The Kier molecular flexibility index (Phi) is 4.07. The van der Waals surface area contributed by atoms with E-state index in [-0.39, 0.29) is 29.6 Å². The Morgan fingerprint density at radius 3 is 2.32 bits per heavy atom. The average molecular weight is 268 g/mol. The average Bonchev–Trinajstić information content (AvgIpc) is 2.77. The number of likely N-dealkylation sites (tertiary alicyclic amines) is 2. The van der Waals surface area contributed by atoms with Gasteiger partial charge in [-0.25, -0.2) is 0 Å². The van der Waals surface area contributed by atoms with Crippen molar-refractivity contribution in [2.75, 3.05) is 33.8 Å². The predicted octanol–water partition coefficient (Wildman–Crippen LogP) is -0.124. The summed E-state index contributed by atoms with van der Waals surface area (Å²) in [7, 11) is 3.11. The lowest BCUT2D eigenvalue weighted by molar-refractivity contribution is -0.149. The van der Waals surface area contributed by atoms with Gasteiger partial charge in [0.25, 0.3) is 0 Å². The van der Waals surface area contributed by atoms with E-state index in [2.05, 4.69) is 0 Å². The van der Waals surface area contributed by atoms with Gasteiger partial charge in [0.15, 0.2) is 0 Å². The van der Waals surface area contributed by atoms with Crippen molar-refractivity contribution < 1.29 is 19.1 Å². The molecule has 0 aromatic rings. The number of amides is 2. The van der Waals surface area contributed by atoms with Gasteiger partial charge >= 0.3 is 5.97 Å². The molecule has 2 aliphatic rings. The van der Waals surface area contributed by atoms with Gasteiger partial charge in [-0.3, -0.25) is 14.4 Å². The Labute approximate surface area is 112 Å². The summed E-state index contributed by atoms with van der Waals surface area (Å²) in [6.07, 6.45) is 1.61. The molecule has 0 spiro atoms. The molecule has 0 saturated carbocycles. The summed E-state index contributed by atoms with van der Waals surface area (Å²) in [6.45, 7) is 1.66. The number of rotatable bonds is 2. The Morgan fingerprint density at radius 2 is 1.84 bits per heavy atom. The second-order valence-electron chi connectivity index (χ2n) is 5.30. The highest BCUT2D eigenvalue weighted by Gasteiger charge is 2.36. The normalized spacial score (nSPS) is 24.7. The third-order valence-electron chi connectivity index (χ3n) is 4.03. The molecule has 2 amide bonds. The van der Waals surface area contributed by atoms with Gasteiger partial charge in [-0.15, -0.1) is 0 Å². The number of carbonyl (C=O) groups is 3. The van der Waals surface area contributed by atoms with E-state index in [0.29, 0.717) is 38.9 Å². The number of hydrogen-bond donors (Lipinski definition) is 0. The highest BCUT2D eigenvalue weighted by molar-refractivity contribution is 5.89. The van der Waals surface area contributed by atoms with E-state index in [1.54, 1.807) is 16.8 Å². The van der Waals surface area contributed by atoms with Crippen LogP contribution in [-0.4, -0.2) is 61.4 Å². The standard InChI is InChI=1S/C13H20N2O4/c1-14-8-10(7-11(14)16)12(17)15-5-3-9(4-6-15)13(18)19-2/h9-10H,3-8H2,1-2H3. The minimum atomic E-state index is -0.216. The summed E-state index contributed by atoms with van der Waals surface area (Å²) in [4.78, 5) is 38.5. The molecule has 106 valence electrons. The van der Waals surface area contributed by atoms with E-state index < -0.39 is 0 Å². The highest BCUT2D eigenvalue weighted by atomic mass is 16.5. The third-order valence-corrected chi connectivity index (χ3v) is 4.03. The van der Waals surface area contributed by atoms with Crippen LogP contribution in [0.4, 0.5) is 0 Å². The van der Waals surface area contributed by atoms with E-state index in [4.69, 9.17) is 4.74 Å². The first-order valence-electron chi connectivity index (χ1n) is 6.63. The van der Waals surface area contributed by atoms with Crippen molar-refractivity contribution in [1.29, 1.82) is 0 Å². The Balaban J connectivity index is 1.86. The van der Waals surface area contributed by atoms with Crippen molar-refractivity contribution in [3.63, 3.8) is 0 Å². The van der Waals surface area contributed by atoms with Crippen LogP contribution in [0.25, 0.3) is 0 Å². The van der Waals surface area contributed by atoms with Crippen LogP contribution in [0.15, 0.2) is 0 Å². The zero-order valence-corrected chi connectivity index (χ0v) is 11.4. The van der Waals surface area contributed by atoms with Crippen molar-refractivity contribution in [3.8, 4) is 0 Å². The van der Waals surface area contributed by atoms with Gasteiger partial charge in [0.2, 0.25) is 11.8 Å². The van der Waals surface area contributed by atoms with Crippen molar-refractivity contribution in [2.24, 2.45) is 11.8 Å². The van der Waals surface area contributed by atoms with Gasteiger partial charge < -0.3 is 14.5 Å². The van der Waals surface area contributed by atoms with Crippen molar-refractivity contribution >= 4 is 17.8 Å². The number of carbonyl (C=O) groups excluding carboxylic acids is 3. The summed E-state index contributed by atoms with van der Waals surface area (Å²) >= 11 is 0. The highest BCUT2D eigenvalue weighted by Crippen LogP contribution is 2.23. The summed E-state index contributed by atoms with van der Waals surface area (Å²) in [5, 5.41) is 0. The molecular weight excluding hydrogens is 248 g/mol. The quantitative estimate of drug-likeness (QED) is 0.655. The number of ether oxygens (including phenoxy) is 1. The van der Waals surface area contributed by atoms with Crippen LogP contribution in [0.1, 0.15) is 19.3 Å². The molecule has 1 atom stereocenters. The minimum absolute atomic E-state index is 0.0304. The predicted molar refractivity (Wildman–Crippen MR) is 67.1 cm³/mol. The molecule has 2 saturated heterocycles. The smallest absolute Gasteiger partial charge is 0.308 e. The molecule has 0 aromatic heterocycles. The SMILES string of the molecule is COC(=O)C1CCN(C(=O)C2CC(=O)N(C)C2)CC1. The maximum Gasteiger partial charge on any atom is 0.308 e. The molecule has 0 aliphatic carbocycles. The summed E-state index contributed by atoms with van der Waals surface area (Å²) < 4.78 is 4.72. The van der Waals surface area contributed by atoms with Gasteiger partial charge in [-0.05, 0) is 12.8 Å². The second kappa shape index (κ2) is 5.59. The zero-order valence-electron chi connectivity index (χ0n) is 11.4. The fourth-order valence-corrected chi connectivity index (χ4v) is 2.79. The van der Waals surface area contributed by atoms with Gasteiger partial charge in [0.05, 0.1) is 18.9 Å². The van der Waals surface area contributed by atoms with E-state index in [1.807, 2.05) is 0 Å². The van der Waals surface area contributed by atoms with E-state index >= 15 is 0 Å². The number of piperidine rings is 1. The molecule has 2 heterocycles. The van der Waals surface area contributed by atoms with E-state index in [9.17, 15) is 14.4 Å². The van der Waals surface area contributed by atoms with Gasteiger partial charge in [0.1, 0.15) is 0 Å². The number of methoxy groups -OCH3 is 1. The van der Waals surface area contributed by atoms with Crippen molar-refractivity contribution in [3.05, 3.63) is 0 Å². The summed E-state index contributed by atoms with van der Waals surface area (Å²) in [5.74, 6) is -0.430. The molecule has 19 heavy (non-hydrogen) atoms. The Bertz CT molecular complexity index is 388. The third kappa shape index (κ3) is 2.88. The molecule has 2 aliphatic heterocycles. The zero-order chi connectivity index (χ0) is 14.0. The molecule has 0 N–H and O–H groups in total. The molecule has 0 aromatic carbocycles. The maximum atomic E-state index is 12.3. The summed E-state index contributed by atoms with van der Waals surface area (Å²) in [6, 6.07) is 0. The maximum absolute atomic E-state index is 12.3. The second-order valence-corrected chi connectivity index (χ2v) is 5.30. The van der Waals surface area contributed by atoms with Gasteiger partial charge in [-0.1, -0.05) is 0 Å². The molecule has 2 fully saturated rings. The fraction of sp³-hybridized carbons (Fsp3) is 0.769.